The van der Waals surface area contributed by atoms with Crippen molar-refractivity contribution in [3.63, 3.8) is 0 Å². The minimum Gasteiger partial charge on any atom is -0.504 e. The second-order valence-electron chi connectivity index (χ2n) is 4.89. The van der Waals surface area contributed by atoms with Crippen molar-refractivity contribution in [2.45, 2.75) is 12.5 Å². The molecule has 1 aliphatic rings. The zero-order chi connectivity index (χ0) is 15.0. The number of nitrogens with zero attached hydrogens (tertiary/aromatic N) is 1. The zero-order valence-corrected chi connectivity index (χ0v) is 11.0. The quantitative estimate of drug-likeness (QED) is 0.503. The molecule has 0 spiro atoms. The summed E-state index contributed by atoms with van der Waals surface area (Å²) < 4.78 is 5.70. The molecule has 21 heavy (non-hydrogen) atoms. The first-order chi connectivity index (χ1) is 10.1. The van der Waals surface area contributed by atoms with Gasteiger partial charge in [0.05, 0.1) is 11.5 Å². The minimum atomic E-state index is -0.486. The van der Waals surface area contributed by atoms with E-state index in [1.54, 1.807) is 12.1 Å². The Morgan fingerprint density at radius 3 is 2.71 bits per heavy atom. The molecule has 0 bridgehead atoms. The molecule has 2 N–H and O–H groups in total. The van der Waals surface area contributed by atoms with E-state index in [1.165, 1.54) is 24.3 Å². The lowest BCUT2D eigenvalue weighted by atomic mass is 9.92. The highest BCUT2D eigenvalue weighted by molar-refractivity contribution is 5.50. The lowest BCUT2D eigenvalue weighted by Gasteiger charge is -2.26. The van der Waals surface area contributed by atoms with Crippen LogP contribution in [0.3, 0.4) is 0 Å². The summed E-state index contributed by atoms with van der Waals surface area (Å²) in [6.07, 6.45) is 0.134. The van der Waals surface area contributed by atoms with Crippen molar-refractivity contribution < 1.29 is 19.9 Å². The van der Waals surface area contributed by atoms with Crippen LogP contribution in [0.1, 0.15) is 22.8 Å². The second kappa shape index (κ2) is 5.06. The molecule has 1 heterocycles. The number of nitro groups is 1. The van der Waals surface area contributed by atoms with Crippen LogP contribution in [0.5, 0.6) is 11.5 Å². The molecule has 0 aliphatic carbocycles. The van der Waals surface area contributed by atoms with Gasteiger partial charge >= 0.3 is 0 Å². The van der Waals surface area contributed by atoms with E-state index >= 15 is 0 Å². The highest BCUT2D eigenvalue weighted by Crippen LogP contribution is 2.39. The van der Waals surface area contributed by atoms with Crippen molar-refractivity contribution in [2.75, 3.05) is 6.61 Å². The summed E-state index contributed by atoms with van der Waals surface area (Å²) in [7, 11) is 0. The van der Waals surface area contributed by atoms with E-state index in [4.69, 9.17) is 4.74 Å². The molecule has 0 saturated carbocycles. The summed E-state index contributed by atoms with van der Waals surface area (Å²) in [5, 5.41) is 30.1. The van der Waals surface area contributed by atoms with Gasteiger partial charge in [-0.1, -0.05) is 12.1 Å². The Labute approximate surface area is 120 Å². The van der Waals surface area contributed by atoms with Crippen LogP contribution in [0.25, 0.3) is 0 Å². The van der Waals surface area contributed by atoms with Gasteiger partial charge in [0.15, 0.2) is 11.5 Å². The fourth-order valence-corrected chi connectivity index (χ4v) is 2.55. The Balaban J connectivity index is 2.08. The molecule has 6 nitrogen and oxygen atoms in total. The minimum absolute atomic E-state index is 0.00813. The number of non-ortho nitro benzene ring substituents is 1. The highest BCUT2D eigenvalue weighted by Gasteiger charge is 2.25. The predicted octanol–water partition coefficient (Wildman–Crippen LogP) is 2.67. The van der Waals surface area contributed by atoms with Gasteiger partial charge in [0, 0.05) is 12.1 Å². The molecule has 0 fully saturated rings. The van der Waals surface area contributed by atoms with E-state index in [0.29, 0.717) is 18.6 Å². The Hall–Kier alpha value is -2.60. The van der Waals surface area contributed by atoms with Crippen molar-refractivity contribution in [1.82, 2.24) is 0 Å². The molecular formula is C15H13NO5. The van der Waals surface area contributed by atoms with Gasteiger partial charge in [0.2, 0.25) is 0 Å². The Morgan fingerprint density at radius 1 is 1.19 bits per heavy atom. The third kappa shape index (κ3) is 2.41. The van der Waals surface area contributed by atoms with Crippen LogP contribution < -0.4 is 0 Å². The van der Waals surface area contributed by atoms with Crippen LogP contribution in [0.15, 0.2) is 36.4 Å². The summed E-state index contributed by atoms with van der Waals surface area (Å²) in [6, 6.07) is 9.19. The molecule has 1 unspecified atom stereocenters. The van der Waals surface area contributed by atoms with Gasteiger partial charge in [-0.05, 0) is 35.2 Å². The number of ether oxygens (including phenoxy) is 1. The SMILES string of the molecule is O=[N+]([O-])c1cccc(C2OCCc3cc(O)c(O)cc32)c1. The van der Waals surface area contributed by atoms with Gasteiger partial charge < -0.3 is 14.9 Å². The number of hydrogen-bond donors (Lipinski definition) is 2. The predicted molar refractivity (Wildman–Crippen MR) is 74.4 cm³/mol. The third-order valence-corrected chi connectivity index (χ3v) is 3.56. The average Bonchev–Trinajstić information content (AvgIpc) is 2.48. The molecule has 2 aromatic rings. The third-order valence-electron chi connectivity index (χ3n) is 3.56. The fraction of sp³-hybridized carbons (Fsp3) is 0.200. The first-order valence-electron chi connectivity index (χ1n) is 6.47. The maximum atomic E-state index is 10.9. The van der Waals surface area contributed by atoms with Gasteiger partial charge in [-0.3, -0.25) is 10.1 Å². The smallest absolute Gasteiger partial charge is 0.269 e. The molecule has 0 aromatic heterocycles. The molecular weight excluding hydrogens is 274 g/mol. The maximum absolute atomic E-state index is 10.9. The van der Waals surface area contributed by atoms with Crippen LogP contribution >= 0.6 is 0 Å². The van der Waals surface area contributed by atoms with Gasteiger partial charge in [0.25, 0.3) is 5.69 Å². The zero-order valence-electron chi connectivity index (χ0n) is 11.0. The van der Waals surface area contributed by atoms with Gasteiger partial charge in [-0.15, -0.1) is 0 Å². The number of rotatable bonds is 2. The van der Waals surface area contributed by atoms with E-state index < -0.39 is 11.0 Å². The number of nitro benzene ring substituents is 1. The van der Waals surface area contributed by atoms with Crippen molar-refractivity contribution in [1.29, 1.82) is 0 Å². The van der Waals surface area contributed by atoms with Crippen LogP contribution in [0, 0.1) is 10.1 Å². The Bertz CT molecular complexity index is 713. The van der Waals surface area contributed by atoms with Gasteiger partial charge in [-0.2, -0.15) is 0 Å². The Morgan fingerprint density at radius 2 is 1.95 bits per heavy atom. The van der Waals surface area contributed by atoms with E-state index in [1.807, 2.05) is 0 Å². The monoisotopic (exact) mass is 287 g/mol. The number of fused-ring (bicyclic) bond motifs is 1. The van der Waals surface area contributed by atoms with Gasteiger partial charge in [-0.25, -0.2) is 0 Å². The molecule has 0 saturated heterocycles. The number of phenolic OH excluding ortho intramolecular Hbond substituents is 2. The van der Waals surface area contributed by atoms with Crippen LogP contribution in [0.4, 0.5) is 5.69 Å². The number of benzene rings is 2. The van der Waals surface area contributed by atoms with Crippen molar-refractivity contribution in [3.05, 3.63) is 63.2 Å². The summed E-state index contributed by atoms with van der Waals surface area (Å²) in [6.45, 7) is 0.449. The number of hydrogen-bond acceptors (Lipinski definition) is 5. The first kappa shape index (κ1) is 13.4. The average molecular weight is 287 g/mol. The maximum Gasteiger partial charge on any atom is 0.269 e. The summed E-state index contributed by atoms with van der Waals surface area (Å²) in [5.41, 5.74) is 2.23. The van der Waals surface area contributed by atoms with Gasteiger partial charge in [0.1, 0.15) is 6.10 Å². The topological polar surface area (TPSA) is 92.8 Å². The van der Waals surface area contributed by atoms with Crippen LogP contribution in [-0.2, 0) is 11.2 Å². The van der Waals surface area contributed by atoms with Crippen molar-refractivity contribution >= 4 is 5.69 Å². The second-order valence-corrected chi connectivity index (χ2v) is 4.89. The molecule has 2 aromatic carbocycles. The molecule has 6 heteroatoms. The molecule has 1 aliphatic heterocycles. The lowest BCUT2D eigenvalue weighted by Crippen LogP contribution is -2.17. The molecule has 108 valence electrons. The van der Waals surface area contributed by atoms with Crippen molar-refractivity contribution in [2.24, 2.45) is 0 Å². The summed E-state index contributed by atoms with van der Waals surface area (Å²) >= 11 is 0. The molecule has 0 amide bonds. The Kier molecular flexibility index (Phi) is 3.23. The van der Waals surface area contributed by atoms with Crippen molar-refractivity contribution in [3.8, 4) is 11.5 Å². The van der Waals surface area contributed by atoms with Crippen LogP contribution in [-0.4, -0.2) is 21.7 Å². The highest BCUT2D eigenvalue weighted by atomic mass is 16.6. The summed E-state index contributed by atoms with van der Waals surface area (Å²) in [4.78, 5) is 10.4. The van der Waals surface area contributed by atoms with E-state index in [0.717, 1.165) is 11.1 Å². The molecule has 1 atom stereocenters. The number of aromatic hydroxyl groups is 2. The standard InChI is InChI=1S/C15H13NO5/c17-13-7-9-4-5-21-15(12(9)8-14(13)18)10-2-1-3-11(6-10)16(19)20/h1-3,6-8,15,17-18H,4-5H2. The number of phenols is 2. The van der Waals surface area contributed by atoms with E-state index in [2.05, 4.69) is 0 Å². The largest absolute Gasteiger partial charge is 0.504 e. The lowest BCUT2D eigenvalue weighted by molar-refractivity contribution is -0.385. The summed E-state index contributed by atoms with van der Waals surface area (Å²) in [5.74, 6) is -0.400. The van der Waals surface area contributed by atoms with E-state index in [9.17, 15) is 20.3 Å². The van der Waals surface area contributed by atoms with E-state index in [-0.39, 0.29) is 17.2 Å². The fourth-order valence-electron chi connectivity index (χ4n) is 2.55. The van der Waals surface area contributed by atoms with Crippen LogP contribution in [0.2, 0.25) is 0 Å². The normalized spacial score (nSPS) is 17.2. The first-order valence-corrected chi connectivity index (χ1v) is 6.47. The molecule has 3 rings (SSSR count). The molecule has 0 radical (unpaired) electrons.